The Kier molecular flexibility index (Phi) is 34.8. The van der Waals surface area contributed by atoms with Gasteiger partial charge in [0.05, 0.1) is 25.2 Å². The largest absolute Gasteiger partial charge is 0.462 e. The summed E-state index contributed by atoms with van der Waals surface area (Å²) in [6.07, 6.45) is 35.6. The average molecular weight is 666 g/mol. The Labute approximate surface area is 291 Å². The Morgan fingerprint density at radius 3 is 1.57 bits per heavy atom. The maximum atomic E-state index is 13.0. The zero-order valence-electron chi connectivity index (χ0n) is 31.4. The Balaban J connectivity index is 4.58. The van der Waals surface area contributed by atoms with E-state index in [4.69, 9.17) is 4.74 Å². The minimum absolute atomic E-state index is 0.0713. The van der Waals surface area contributed by atoms with Gasteiger partial charge in [-0.25, -0.2) is 0 Å². The quantitative estimate of drug-likeness (QED) is 0.0352. The normalized spacial score (nSPS) is 13.6. The van der Waals surface area contributed by atoms with E-state index in [2.05, 4.69) is 38.2 Å². The molecule has 0 aromatic carbocycles. The van der Waals surface area contributed by atoms with Gasteiger partial charge in [0.2, 0.25) is 5.91 Å². The van der Waals surface area contributed by atoms with E-state index >= 15 is 0 Å². The van der Waals surface area contributed by atoms with Crippen LogP contribution in [-0.2, 0) is 14.3 Å². The smallest absolute Gasteiger partial charge is 0.306 e. The number of ether oxygens (including phenoxy) is 1. The van der Waals surface area contributed by atoms with Crippen molar-refractivity contribution in [2.24, 2.45) is 0 Å². The summed E-state index contributed by atoms with van der Waals surface area (Å²) < 4.78 is 5.84. The number of esters is 1. The van der Waals surface area contributed by atoms with E-state index in [-0.39, 0.29) is 24.9 Å². The molecule has 6 heteroatoms. The molecule has 3 atom stereocenters. The molecule has 0 aliphatic rings. The summed E-state index contributed by atoms with van der Waals surface area (Å²) in [7, 11) is 0. The average Bonchev–Trinajstić information content (AvgIpc) is 3.06. The van der Waals surface area contributed by atoms with E-state index < -0.39 is 18.2 Å². The Morgan fingerprint density at radius 1 is 0.596 bits per heavy atom. The minimum Gasteiger partial charge on any atom is -0.462 e. The van der Waals surface area contributed by atoms with E-state index in [0.717, 1.165) is 70.6 Å². The van der Waals surface area contributed by atoms with Crippen LogP contribution in [0.3, 0.4) is 0 Å². The second-order valence-electron chi connectivity index (χ2n) is 14.0. The van der Waals surface area contributed by atoms with Crippen molar-refractivity contribution >= 4 is 11.9 Å². The summed E-state index contributed by atoms with van der Waals surface area (Å²) in [4.78, 5) is 25.7. The SMILES string of the molecule is CCCC/C=C\CCCCCC(CC(=O)NC(CO)C(O)CCCCCCCCCCCC)OC(=O)CCCCCCCCCCC. The number of rotatable bonds is 36. The summed E-state index contributed by atoms with van der Waals surface area (Å²) in [5.74, 6) is -0.491. The predicted molar refractivity (Wildman–Crippen MR) is 200 cm³/mol. The van der Waals surface area contributed by atoms with Crippen LogP contribution in [0.5, 0.6) is 0 Å². The molecule has 6 nitrogen and oxygen atoms in total. The molecular weight excluding hydrogens is 586 g/mol. The van der Waals surface area contributed by atoms with Crippen LogP contribution >= 0.6 is 0 Å². The van der Waals surface area contributed by atoms with Crippen molar-refractivity contribution in [3.05, 3.63) is 12.2 Å². The fourth-order valence-electron chi connectivity index (χ4n) is 6.17. The lowest BCUT2D eigenvalue weighted by atomic mass is 10.0. The zero-order valence-corrected chi connectivity index (χ0v) is 31.4. The summed E-state index contributed by atoms with van der Waals surface area (Å²) in [6, 6.07) is -0.695. The summed E-state index contributed by atoms with van der Waals surface area (Å²) in [5, 5.41) is 23.5. The number of hydrogen-bond donors (Lipinski definition) is 3. The van der Waals surface area contributed by atoms with Gasteiger partial charge >= 0.3 is 5.97 Å². The molecule has 0 rings (SSSR count). The van der Waals surface area contributed by atoms with E-state index in [1.807, 2.05) is 0 Å². The van der Waals surface area contributed by atoms with Crippen molar-refractivity contribution in [1.29, 1.82) is 0 Å². The van der Waals surface area contributed by atoms with Gasteiger partial charge in [-0.2, -0.15) is 0 Å². The Morgan fingerprint density at radius 2 is 1.04 bits per heavy atom. The molecule has 0 spiro atoms. The molecule has 0 saturated heterocycles. The van der Waals surface area contributed by atoms with Crippen molar-refractivity contribution < 1.29 is 24.5 Å². The third-order valence-electron chi connectivity index (χ3n) is 9.34. The van der Waals surface area contributed by atoms with Crippen LogP contribution in [0.4, 0.5) is 0 Å². The predicted octanol–water partition coefficient (Wildman–Crippen LogP) is 11.1. The molecule has 3 N–H and O–H groups in total. The van der Waals surface area contributed by atoms with Crippen molar-refractivity contribution in [3.8, 4) is 0 Å². The highest BCUT2D eigenvalue weighted by atomic mass is 16.5. The molecule has 0 aliphatic carbocycles. The van der Waals surface area contributed by atoms with Gasteiger partial charge in [-0.3, -0.25) is 9.59 Å². The lowest BCUT2D eigenvalue weighted by molar-refractivity contribution is -0.151. The highest BCUT2D eigenvalue weighted by Crippen LogP contribution is 2.17. The molecule has 0 saturated carbocycles. The van der Waals surface area contributed by atoms with Gasteiger partial charge in [0, 0.05) is 6.42 Å². The minimum atomic E-state index is -0.781. The van der Waals surface area contributed by atoms with Crippen LogP contribution < -0.4 is 5.32 Å². The molecule has 1 amide bonds. The van der Waals surface area contributed by atoms with Crippen LogP contribution in [0.25, 0.3) is 0 Å². The second kappa shape index (κ2) is 35.9. The Bertz CT molecular complexity index is 712. The van der Waals surface area contributed by atoms with E-state index in [1.165, 1.54) is 96.3 Å². The molecule has 0 radical (unpaired) electrons. The number of unbranched alkanes of at least 4 members (excludes halogenated alkanes) is 22. The highest BCUT2D eigenvalue weighted by Gasteiger charge is 2.24. The van der Waals surface area contributed by atoms with Gasteiger partial charge in [0.1, 0.15) is 6.10 Å². The topological polar surface area (TPSA) is 95.9 Å². The maximum absolute atomic E-state index is 13.0. The molecule has 0 aliphatic heterocycles. The lowest BCUT2D eigenvalue weighted by Crippen LogP contribution is -2.46. The summed E-state index contributed by atoms with van der Waals surface area (Å²) in [6.45, 7) is 6.38. The van der Waals surface area contributed by atoms with Gasteiger partial charge in [-0.15, -0.1) is 0 Å². The molecule has 47 heavy (non-hydrogen) atoms. The molecule has 0 aromatic rings. The number of carbonyl (C=O) groups excluding carboxylic acids is 2. The van der Waals surface area contributed by atoms with Crippen molar-refractivity contribution in [1.82, 2.24) is 5.32 Å². The highest BCUT2D eigenvalue weighted by molar-refractivity contribution is 5.77. The standard InChI is InChI=1S/C41H79NO5/c1-4-7-10-13-16-19-22-24-27-30-33-39(44)38(36-43)42-40(45)35-37(32-29-26-23-20-17-14-11-8-5-2)47-41(46)34-31-28-25-21-18-15-12-9-6-3/h14,17,37-39,43-44H,4-13,15-16,18-36H2,1-3H3,(H,42,45)/b17-14-. The first-order valence-corrected chi connectivity index (χ1v) is 20.4. The number of carbonyl (C=O) groups is 2. The molecule has 0 aromatic heterocycles. The first-order valence-electron chi connectivity index (χ1n) is 20.4. The molecule has 278 valence electrons. The fraction of sp³-hybridized carbons (Fsp3) is 0.902. The van der Waals surface area contributed by atoms with Crippen LogP contribution in [0.15, 0.2) is 12.2 Å². The fourth-order valence-corrected chi connectivity index (χ4v) is 6.17. The van der Waals surface area contributed by atoms with E-state index in [0.29, 0.717) is 19.3 Å². The van der Waals surface area contributed by atoms with Crippen LogP contribution in [0.2, 0.25) is 0 Å². The lowest BCUT2D eigenvalue weighted by Gasteiger charge is -2.24. The second-order valence-corrected chi connectivity index (χ2v) is 14.0. The summed E-state index contributed by atoms with van der Waals surface area (Å²) >= 11 is 0. The number of hydrogen-bond acceptors (Lipinski definition) is 5. The number of aliphatic hydroxyl groups is 2. The number of aliphatic hydroxyl groups excluding tert-OH is 2. The Hall–Kier alpha value is -1.40. The third-order valence-corrected chi connectivity index (χ3v) is 9.34. The first kappa shape index (κ1) is 45.6. The number of allylic oxidation sites excluding steroid dienone is 2. The van der Waals surface area contributed by atoms with Crippen molar-refractivity contribution in [2.75, 3.05) is 6.61 Å². The van der Waals surface area contributed by atoms with Gasteiger partial charge in [0.25, 0.3) is 0 Å². The molecule has 0 bridgehead atoms. The first-order chi connectivity index (χ1) is 23.0. The van der Waals surface area contributed by atoms with Gasteiger partial charge in [0.15, 0.2) is 0 Å². The number of amides is 1. The van der Waals surface area contributed by atoms with Crippen molar-refractivity contribution in [2.45, 2.75) is 232 Å². The maximum Gasteiger partial charge on any atom is 0.306 e. The van der Waals surface area contributed by atoms with Gasteiger partial charge < -0.3 is 20.3 Å². The van der Waals surface area contributed by atoms with Crippen LogP contribution in [0, 0.1) is 0 Å². The molecular formula is C41H79NO5. The van der Waals surface area contributed by atoms with E-state index in [1.54, 1.807) is 0 Å². The zero-order chi connectivity index (χ0) is 34.6. The summed E-state index contributed by atoms with van der Waals surface area (Å²) in [5.41, 5.74) is 0. The molecule has 3 unspecified atom stereocenters. The van der Waals surface area contributed by atoms with Gasteiger partial charge in [-0.05, 0) is 44.9 Å². The van der Waals surface area contributed by atoms with Crippen LogP contribution in [-0.4, -0.2) is 46.9 Å². The van der Waals surface area contributed by atoms with Crippen molar-refractivity contribution in [3.63, 3.8) is 0 Å². The molecule has 0 heterocycles. The molecule has 0 fully saturated rings. The van der Waals surface area contributed by atoms with Gasteiger partial charge in [-0.1, -0.05) is 168 Å². The van der Waals surface area contributed by atoms with E-state index in [9.17, 15) is 19.8 Å². The van der Waals surface area contributed by atoms with Crippen LogP contribution in [0.1, 0.15) is 213 Å². The monoisotopic (exact) mass is 666 g/mol. The third kappa shape index (κ3) is 31.6. The number of nitrogens with one attached hydrogen (secondary N) is 1.